The predicted molar refractivity (Wildman–Crippen MR) is 108 cm³/mol. The standard InChI is InChI=1S/C22H26O6/c1-23-16-12-18(25-3)17(24-2)11-15(16)14-9-7-8-13-10-19(26-4)21(27-5)22(28-6)20(13)14/h7-8,10-12,14H,9H2,1-6H3/t14-/m1/s1. The Kier molecular flexibility index (Phi) is 5.87. The lowest BCUT2D eigenvalue weighted by molar-refractivity contribution is 0.320. The number of allylic oxidation sites excluding steroid dienone is 1. The van der Waals surface area contributed by atoms with Gasteiger partial charge < -0.3 is 28.4 Å². The number of ether oxygens (including phenoxy) is 6. The molecule has 150 valence electrons. The number of benzene rings is 2. The van der Waals surface area contributed by atoms with Crippen LogP contribution in [0.25, 0.3) is 6.08 Å². The molecule has 1 atom stereocenters. The predicted octanol–water partition coefficient (Wildman–Crippen LogP) is 4.29. The van der Waals surface area contributed by atoms with Crippen molar-refractivity contribution in [3.8, 4) is 34.5 Å². The van der Waals surface area contributed by atoms with Crippen LogP contribution in [-0.2, 0) is 0 Å². The summed E-state index contributed by atoms with van der Waals surface area (Å²) in [6.07, 6.45) is 4.99. The van der Waals surface area contributed by atoms with Crippen LogP contribution in [0.1, 0.15) is 29.0 Å². The molecule has 0 spiro atoms. The van der Waals surface area contributed by atoms with Gasteiger partial charge >= 0.3 is 0 Å². The number of methoxy groups -OCH3 is 6. The van der Waals surface area contributed by atoms with E-state index in [1.54, 1.807) is 42.7 Å². The van der Waals surface area contributed by atoms with Crippen LogP contribution in [0.2, 0.25) is 0 Å². The lowest BCUT2D eigenvalue weighted by atomic mass is 9.80. The van der Waals surface area contributed by atoms with Crippen molar-refractivity contribution in [1.82, 2.24) is 0 Å². The van der Waals surface area contributed by atoms with Gasteiger partial charge in [0.2, 0.25) is 5.75 Å². The number of rotatable bonds is 7. The Morgan fingerprint density at radius 1 is 0.643 bits per heavy atom. The van der Waals surface area contributed by atoms with Crippen molar-refractivity contribution in [2.24, 2.45) is 0 Å². The molecule has 0 heterocycles. The van der Waals surface area contributed by atoms with Crippen molar-refractivity contribution in [3.63, 3.8) is 0 Å². The molecule has 1 aliphatic rings. The van der Waals surface area contributed by atoms with E-state index in [0.717, 1.165) is 28.9 Å². The lowest BCUT2D eigenvalue weighted by Crippen LogP contribution is -2.11. The van der Waals surface area contributed by atoms with Gasteiger partial charge in [0.15, 0.2) is 23.0 Å². The van der Waals surface area contributed by atoms with Gasteiger partial charge in [-0.3, -0.25) is 0 Å². The third-order valence-corrected chi connectivity index (χ3v) is 5.03. The summed E-state index contributed by atoms with van der Waals surface area (Å²) in [5.41, 5.74) is 3.02. The Morgan fingerprint density at radius 3 is 1.82 bits per heavy atom. The Hall–Kier alpha value is -3.02. The van der Waals surface area contributed by atoms with E-state index < -0.39 is 0 Å². The van der Waals surface area contributed by atoms with E-state index in [0.29, 0.717) is 28.7 Å². The highest BCUT2D eigenvalue weighted by Gasteiger charge is 2.30. The molecule has 0 fully saturated rings. The van der Waals surface area contributed by atoms with Crippen LogP contribution < -0.4 is 28.4 Å². The molecule has 28 heavy (non-hydrogen) atoms. The number of fused-ring (bicyclic) bond motifs is 1. The molecule has 2 aromatic carbocycles. The largest absolute Gasteiger partial charge is 0.496 e. The summed E-state index contributed by atoms with van der Waals surface area (Å²) in [6.45, 7) is 0. The zero-order valence-electron chi connectivity index (χ0n) is 17.1. The van der Waals surface area contributed by atoms with Crippen LogP contribution in [0.4, 0.5) is 0 Å². The average Bonchev–Trinajstić information content (AvgIpc) is 2.75. The fourth-order valence-corrected chi connectivity index (χ4v) is 3.75. The van der Waals surface area contributed by atoms with E-state index in [1.165, 1.54) is 0 Å². The van der Waals surface area contributed by atoms with E-state index in [2.05, 4.69) is 12.2 Å². The van der Waals surface area contributed by atoms with Crippen molar-refractivity contribution in [2.45, 2.75) is 12.3 Å². The normalized spacial score (nSPS) is 14.9. The minimum Gasteiger partial charge on any atom is -0.496 e. The molecule has 1 aliphatic carbocycles. The molecule has 6 heteroatoms. The van der Waals surface area contributed by atoms with Crippen LogP contribution in [0.3, 0.4) is 0 Å². The van der Waals surface area contributed by atoms with E-state index in [9.17, 15) is 0 Å². The van der Waals surface area contributed by atoms with Crippen LogP contribution in [0.5, 0.6) is 34.5 Å². The monoisotopic (exact) mass is 386 g/mol. The molecule has 0 bridgehead atoms. The minimum absolute atomic E-state index is 0.00971. The Balaban J connectivity index is 2.27. The summed E-state index contributed by atoms with van der Waals surface area (Å²) in [5, 5.41) is 0. The summed E-state index contributed by atoms with van der Waals surface area (Å²) in [6, 6.07) is 5.77. The van der Waals surface area contributed by atoms with Crippen molar-refractivity contribution in [2.75, 3.05) is 42.7 Å². The van der Waals surface area contributed by atoms with Gasteiger partial charge in [-0.05, 0) is 24.1 Å². The fourth-order valence-electron chi connectivity index (χ4n) is 3.75. The quantitative estimate of drug-likeness (QED) is 0.708. The van der Waals surface area contributed by atoms with Crippen LogP contribution in [-0.4, -0.2) is 42.7 Å². The number of hydrogen-bond acceptors (Lipinski definition) is 6. The van der Waals surface area contributed by atoms with Gasteiger partial charge in [0.05, 0.1) is 42.7 Å². The van der Waals surface area contributed by atoms with E-state index in [1.807, 2.05) is 18.2 Å². The molecule has 0 radical (unpaired) electrons. The Bertz CT molecular complexity index is 887. The first kappa shape index (κ1) is 19.7. The molecule has 0 aromatic heterocycles. The molecule has 3 rings (SSSR count). The highest BCUT2D eigenvalue weighted by Crippen LogP contribution is 2.51. The first-order chi connectivity index (χ1) is 13.6. The maximum Gasteiger partial charge on any atom is 0.203 e. The topological polar surface area (TPSA) is 55.4 Å². The van der Waals surface area contributed by atoms with Crippen molar-refractivity contribution in [1.29, 1.82) is 0 Å². The molecular weight excluding hydrogens is 360 g/mol. The Labute approximate surface area is 165 Å². The minimum atomic E-state index is -0.00971. The van der Waals surface area contributed by atoms with Gasteiger partial charge in [-0.15, -0.1) is 0 Å². The average molecular weight is 386 g/mol. The zero-order valence-corrected chi connectivity index (χ0v) is 17.1. The molecule has 0 saturated carbocycles. The van der Waals surface area contributed by atoms with Gasteiger partial charge in [0.1, 0.15) is 5.75 Å². The summed E-state index contributed by atoms with van der Waals surface area (Å²) in [4.78, 5) is 0. The highest BCUT2D eigenvalue weighted by molar-refractivity contribution is 5.72. The van der Waals surface area contributed by atoms with Crippen molar-refractivity contribution >= 4 is 6.08 Å². The summed E-state index contributed by atoms with van der Waals surface area (Å²) >= 11 is 0. The van der Waals surface area contributed by atoms with Crippen LogP contribution in [0, 0.1) is 0 Å². The smallest absolute Gasteiger partial charge is 0.203 e. The van der Waals surface area contributed by atoms with Gasteiger partial charge in [-0.1, -0.05) is 12.2 Å². The second-order valence-electron chi connectivity index (χ2n) is 6.29. The maximum absolute atomic E-state index is 5.77. The third kappa shape index (κ3) is 3.19. The molecule has 0 N–H and O–H groups in total. The first-order valence-corrected chi connectivity index (χ1v) is 8.92. The van der Waals surface area contributed by atoms with Gasteiger partial charge in [0.25, 0.3) is 0 Å². The fraction of sp³-hybridized carbons (Fsp3) is 0.364. The molecule has 0 aliphatic heterocycles. The van der Waals surface area contributed by atoms with Crippen molar-refractivity contribution in [3.05, 3.63) is 41.0 Å². The van der Waals surface area contributed by atoms with E-state index >= 15 is 0 Å². The van der Waals surface area contributed by atoms with Gasteiger partial charge in [-0.25, -0.2) is 0 Å². The third-order valence-electron chi connectivity index (χ3n) is 5.03. The second-order valence-corrected chi connectivity index (χ2v) is 6.29. The van der Waals surface area contributed by atoms with E-state index in [4.69, 9.17) is 28.4 Å². The summed E-state index contributed by atoms with van der Waals surface area (Å²) < 4.78 is 33.5. The molecule has 6 nitrogen and oxygen atoms in total. The summed E-state index contributed by atoms with van der Waals surface area (Å²) in [7, 11) is 9.74. The first-order valence-electron chi connectivity index (χ1n) is 8.92. The van der Waals surface area contributed by atoms with Gasteiger partial charge in [-0.2, -0.15) is 0 Å². The molecule has 2 aromatic rings. The van der Waals surface area contributed by atoms with Crippen molar-refractivity contribution < 1.29 is 28.4 Å². The van der Waals surface area contributed by atoms with E-state index in [-0.39, 0.29) is 5.92 Å². The lowest BCUT2D eigenvalue weighted by Gasteiger charge is -2.28. The summed E-state index contributed by atoms with van der Waals surface area (Å²) in [5.74, 6) is 3.84. The van der Waals surface area contributed by atoms with Gasteiger partial charge in [0, 0.05) is 23.1 Å². The van der Waals surface area contributed by atoms with Crippen LogP contribution in [0.15, 0.2) is 24.3 Å². The molecule has 0 amide bonds. The SMILES string of the molecule is COc1cc(OC)c([C@H]2CC=Cc3cc(OC)c(OC)c(OC)c32)cc1OC. The Morgan fingerprint density at radius 2 is 1.25 bits per heavy atom. The maximum atomic E-state index is 5.77. The second kappa shape index (κ2) is 8.33. The zero-order chi connectivity index (χ0) is 20.3. The highest BCUT2D eigenvalue weighted by atomic mass is 16.5. The van der Waals surface area contributed by atoms with Crippen LogP contribution >= 0.6 is 0 Å². The molecule has 0 saturated heterocycles. The molecular formula is C22H26O6. The number of hydrogen-bond donors (Lipinski definition) is 0. The molecule has 0 unspecified atom stereocenters.